The molecule has 2 rings (SSSR count). The highest BCUT2D eigenvalue weighted by Crippen LogP contribution is 2.28. The zero-order valence-corrected chi connectivity index (χ0v) is 11.7. The van der Waals surface area contributed by atoms with Gasteiger partial charge < -0.3 is 10.4 Å². The van der Waals surface area contributed by atoms with E-state index in [4.69, 9.17) is 0 Å². The summed E-state index contributed by atoms with van der Waals surface area (Å²) in [6.07, 6.45) is 4.79. The largest absolute Gasteiger partial charge is 0.387 e. The molecule has 2 N–H and O–H groups in total. The summed E-state index contributed by atoms with van der Waals surface area (Å²) in [6, 6.07) is 3.93. The van der Waals surface area contributed by atoms with Crippen molar-refractivity contribution in [2.24, 2.45) is 0 Å². The van der Waals surface area contributed by atoms with Crippen LogP contribution in [0.3, 0.4) is 0 Å². The van der Waals surface area contributed by atoms with Crippen LogP contribution in [0.5, 0.6) is 0 Å². The molecule has 1 aliphatic carbocycles. The minimum Gasteiger partial charge on any atom is -0.387 e. The number of benzene rings is 1. The van der Waals surface area contributed by atoms with E-state index in [-0.39, 0.29) is 0 Å². The summed E-state index contributed by atoms with van der Waals surface area (Å²) in [4.78, 5) is 0. The molecule has 0 heterocycles. The molecule has 1 aromatic rings. The maximum absolute atomic E-state index is 13.1. The summed E-state index contributed by atoms with van der Waals surface area (Å²) in [5.74, 6) is -1.80. The molecule has 2 nitrogen and oxygen atoms in total. The molecule has 0 aliphatic heterocycles. The van der Waals surface area contributed by atoms with Gasteiger partial charge in [-0.05, 0) is 36.8 Å². The zero-order chi connectivity index (χ0) is 13.8. The van der Waals surface area contributed by atoms with Crippen LogP contribution >= 0.6 is 11.8 Å². The second-order valence-corrected chi connectivity index (χ2v) is 5.99. The fourth-order valence-corrected chi connectivity index (χ4v) is 3.51. The Labute approximate surface area is 116 Å². The van der Waals surface area contributed by atoms with Crippen LogP contribution in [0.25, 0.3) is 0 Å². The number of aliphatic hydroxyl groups is 1. The van der Waals surface area contributed by atoms with Crippen molar-refractivity contribution in [1.29, 1.82) is 0 Å². The number of halogens is 2. The molecule has 19 heavy (non-hydrogen) atoms. The van der Waals surface area contributed by atoms with Crippen molar-refractivity contribution >= 4 is 11.8 Å². The first-order valence-electron chi connectivity index (χ1n) is 6.51. The van der Waals surface area contributed by atoms with E-state index in [0.29, 0.717) is 23.4 Å². The van der Waals surface area contributed by atoms with Crippen LogP contribution in [0.15, 0.2) is 18.2 Å². The molecule has 3 atom stereocenters. The van der Waals surface area contributed by atoms with Crippen LogP contribution in [-0.2, 0) is 0 Å². The van der Waals surface area contributed by atoms with Gasteiger partial charge in [-0.15, -0.1) is 0 Å². The van der Waals surface area contributed by atoms with Crippen LogP contribution in [-0.4, -0.2) is 29.2 Å². The van der Waals surface area contributed by atoms with Crippen LogP contribution < -0.4 is 5.32 Å². The first-order chi connectivity index (χ1) is 9.11. The van der Waals surface area contributed by atoms with Gasteiger partial charge >= 0.3 is 0 Å². The number of aliphatic hydroxyl groups excluding tert-OH is 1. The SMILES string of the molecule is CSC1CCCC1NCC(O)c1ccc(F)c(F)c1. The van der Waals surface area contributed by atoms with Gasteiger partial charge in [0.05, 0.1) is 6.10 Å². The fraction of sp³-hybridized carbons (Fsp3) is 0.571. The summed E-state index contributed by atoms with van der Waals surface area (Å²) in [7, 11) is 0. The van der Waals surface area contributed by atoms with Crippen LogP contribution in [0.1, 0.15) is 30.9 Å². The molecule has 0 saturated heterocycles. The maximum atomic E-state index is 13.1. The molecule has 1 fully saturated rings. The van der Waals surface area contributed by atoms with Gasteiger partial charge in [0.25, 0.3) is 0 Å². The third-order valence-corrected chi connectivity index (χ3v) is 4.83. The normalized spacial score (nSPS) is 24.6. The van der Waals surface area contributed by atoms with E-state index in [1.807, 2.05) is 11.8 Å². The van der Waals surface area contributed by atoms with Gasteiger partial charge in [-0.25, -0.2) is 8.78 Å². The highest BCUT2D eigenvalue weighted by molar-refractivity contribution is 7.99. The second kappa shape index (κ2) is 6.68. The minimum atomic E-state index is -0.917. The molecule has 1 saturated carbocycles. The van der Waals surface area contributed by atoms with Crippen LogP contribution in [0.2, 0.25) is 0 Å². The molecule has 1 aliphatic rings. The van der Waals surface area contributed by atoms with Gasteiger partial charge in [0.15, 0.2) is 11.6 Å². The van der Waals surface area contributed by atoms with E-state index in [2.05, 4.69) is 11.6 Å². The van der Waals surface area contributed by atoms with Crippen LogP contribution in [0, 0.1) is 11.6 Å². The van der Waals surface area contributed by atoms with Crippen molar-refractivity contribution in [2.45, 2.75) is 36.7 Å². The monoisotopic (exact) mass is 287 g/mol. The maximum Gasteiger partial charge on any atom is 0.159 e. The van der Waals surface area contributed by atoms with Crippen molar-refractivity contribution < 1.29 is 13.9 Å². The Balaban J connectivity index is 1.90. The second-order valence-electron chi connectivity index (χ2n) is 4.91. The summed E-state index contributed by atoms with van der Waals surface area (Å²) in [5.41, 5.74) is 0.407. The smallest absolute Gasteiger partial charge is 0.159 e. The number of hydrogen-bond acceptors (Lipinski definition) is 3. The lowest BCUT2D eigenvalue weighted by atomic mass is 10.1. The van der Waals surface area contributed by atoms with E-state index in [0.717, 1.165) is 18.6 Å². The van der Waals surface area contributed by atoms with Gasteiger partial charge in [0.2, 0.25) is 0 Å². The number of thioether (sulfide) groups is 1. The van der Waals surface area contributed by atoms with Gasteiger partial charge in [0.1, 0.15) is 0 Å². The van der Waals surface area contributed by atoms with Gasteiger partial charge in [-0.1, -0.05) is 12.5 Å². The molecule has 0 radical (unpaired) electrons. The number of hydrogen-bond donors (Lipinski definition) is 2. The average molecular weight is 287 g/mol. The van der Waals surface area contributed by atoms with Crippen molar-refractivity contribution in [3.63, 3.8) is 0 Å². The third kappa shape index (κ3) is 3.68. The van der Waals surface area contributed by atoms with Crippen molar-refractivity contribution in [3.8, 4) is 0 Å². The van der Waals surface area contributed by atoms with Crippen molar-refractivity contribution in [1.82, 2.24) is 5.32 Å². The Kier molecular flexibility index (Phi) is 5.19. The zero-order valence-electron chi connectivity index (χ0n) is 10.9. The predicted molar refractivity (Wildman–Crippen MR) is 74.3 cm³/mol. The van der Waals surface area contributed by atoms with E-state index >= 15 is 0 Å². The highest BCUT2D eigenvalue weighted by atomic mass is 32.2. The molecule has 1 aromatic carbocycles. The quantitative estimate of drug-likeness (QED) is 0.873. The number of nitrogens with one attached hydrogen (secondary N) is 1. The molecule has 0 bridgehead atoms. The predicted octanol–water partition coefficient (Wildman–Crippen LogP) is 2.87. The average Bonchev–Trinajstić information content (AvgIpc) is 2.86. The summed E-state index contributed by atoms with van der Waals surface area (Å²) in [5, 5.41) is 13.9. The third-order valence-electron chi connectivity index (χ3n) is 3.66. The minimum absolute atomic E-state index is 0.368. The van der Waals surface area contributed by atoms with Gasteiger partial charge in [-0.2, -0.15) is 11.8 Å². The molecule has 0 aromatic heterocycles. The van der Waals surface area contributed by atoms with Gasteiger partial charge in [-0.3, -0.25) is 0 Å². The van der Waals surface area contributed by atoms with E-state index < -0.39 is 17.7 Å². The van der Waals surface area contributed by atoms with E-state index in [1.165, 1.54) is 18.9 Å². The topological polar surface area (TPSA) is 32.3 Å². The Hall–Kier alpha value is -0.650. The highest BCUT2D eigenvalue weighted by Gasteiger charge is 2.26. The summed E-state index contributed by atoms with van der Waals surface area (Å²) < 4.78 is 25.9. The Morgan fingerprint density at radius 1 is 1.37 bits per heavy atom. The number of rotatable bonds is 5. The molecular weight excluding hydrogens is 268 g/mol. The first-order valence-corrected chi connectivity index (χ1v) is 7.80. The molecule has 106 valence electrons. The van der Waals surface area contributed by atoms with Crippen molar-refractivity contribution in [2.75, 3.05) is 12.8 Å². The Morgan fingerprint density at radius 3 is 2.84 bits per heavy atom. The molecule has 3 unspecified atom stereocenters. The Bertz CT molecular complexity index is 430. The standard InChI is InChI=1S/C14H19F2NOS/c1-19-14-4-2-3-12(14)17-8-13(18)9-5-6-10(15)11(16)7-9/h5-7,12-14,17-18H,2-4,8H2,1H3. The summed E-state index contributed by atoms with van der Waals surface area (Å²) in [6.45, 7) is 0.368. The molecule has 0 spiro atoms. The molecular formula is C14H19F2NOS. The van der Waals surface area contributed by atoms with E-state index in [9.17, 15) is 13.9 Å². The first kappa shape index (κ1) is 14.8. The van der Waals surface area contributed by atoms with Crippen molar-refractivity contribution in [3.05, 3.63) is 35.4 Å². The lowest BCUT2D eigenvalue weighted by Gasteiger charge is -2.21. The lowest BCUT2D eigenvalue weighted by molar-refractivity contribution is 0.169. The molecule has 5 heteroatoms. The summed E-state index contributed by atoms with van der Waals surface area (Å²) >= 11 is 1.84. The van der Waals surface area contributed by atoms with E-state index in [1.54, 1.807) is 0 Å². The lowest BCUT2D eigenvalue weighted by Crippen LogP contribution is -2.36. The Morgan fingerprint density at radius 2 is 2.16 bits per heavy atom. The molecule has 0 amide bonds. The van der Waals surface area contributed by atoms with Crippen LogP contribution in [0.4, 0.5) is 8.78 Å². The fourth-order valence-electron chi connectivity index (χ4n) is 2.54. The van der Waals surface area contributed by atoms with Gasteiger partial charge in [0, 0.05) is 17.8 Å².